The van der Waals surface area contributed by atoms with Gasteiger partial charge >= 0.3 is 0 Å². The number of nitrogens with zero attached hydrogens (tertiary/aromatic N) is 2. The van der Waals surface area contributed by atoms with E-state index in [-0.39, 0.29) is 12.5 Å². The minimum atomic E-state index is -0.636. The topological polar surface area (TPSA) is 79.5 Å². The highest BCUT2D eigenvalue weighted by molar-refractivity contribution is 7.21. The third-order valence-corrected chi connectivity index (χ3v) is 4.95. The predicted octanol–water partition coefficient (Wildman–Crippen LogP) is 2.34. The van der Waals surface area contributed by atoms with Gasteiger partial charge in [0.05, 0.1) is 17.8 Å². The fraction of sp³-hybridized carbons (Fsp3) is 0.467. The summed E-state index contributed by atoms with van der Waals surface area (Å²) in [4.78, 5) is 19.1. The van der Waals surface area contributed by atoms with Gasteiger partial charge in [0.2, 0.25) is 0 Å². The molecular weight excluding hydrogens is 286 g/mol. The number of likely N-dealkylation sites (N-methyl/N-ethyl adjacent to an activating group) is 1. The average Bonchev–Trinajstić information content (AvgIpc) is 2.74. The normalized spacial score (nSPS) is 11.9. The Morgan fingerprint density at radius 2 is 2.10 bits per heavy atom. The van der Waals surface area contributed by atoms with Gasteiger partial charge in [0.1, 0.15) is 4.88 Å². The summed E-state index contributed by atoms with van der Waals surface area (Å²) in [6.07, 6.45) is 0. The maximum Gasteiger partial charge on any atom is 0.266 e. The number of amides is 1. The van der Waals surface area contributed by atoms with E-state index in [2.05, 4.69) is 4.98 Å². The molecule has 2 rings (SSSR count). The van der Waals surface area contributed by atoms with E-state index in [1.807, 2.05) is 33.8 Å². The van der Waals surface area contributed by atoms with Crippen molar-refractivity contribution in [2.24, 2.45) is 0 Å². The summed E-state index contributed by atoms with van der Waals surface area (Å²) in [7, 11) is 1.68. The molecule has 0 aromatic carbocycles. The zero-order chi connectivity index (χ0) is 15.9. The molecule has 3 N–H and O–H groups in total. The van der Waals surface area contributed by atoms with Crippen LogP contribution >= 0.6 is 11.3 Å². The molecule has 0 atom stereocenters. The number of anilines is 1. The van der Waals surface area contributed by atoms with Gasteiger partial charge in [-0.25, -0.2) is 0 Å². The number of carbonyl (C=O) groups excluding carboxylic acids is 1. The Morgan fingerprint density at radius 1 is 1.48 bits per heavy atom. The lowest BCUT2D eigenvalue weighted by atomic mass is 10.0. The summed E-state index contributed by atoms with van der Waals surface area (Å²) < 4.78 is 0.969. The Labute approximate surface area is 128 Å². The van der Waals surface area contributed by atoms with E-state index in [0.29, 0.717) is 10.6 Å². The van der Waals surface area contributed by atoms with Crippen LogP contribution in [0.25, 0.3) is 10.1 Å². The lowest BCUT2D eigenvalue weighted by Gasteiger charge is -2.33. The van der Waals surface area contributed by atoms with Crippen molar-refractivity contribution in [3.05, 3.63) is 22.3 Å². The first kappa shape index (κ1) is 15.7. The summed E-state index contributed by atoms with van der Waals surface area (Å²) >= 11 is 1.38. The fourth-order valence-corrected chi connectivity index (χ4v) is 3.42. The molecule has 2 heterocycles. The van der Waals surface area contributed by atoms with E-state index in [1.165, 1.54) is 16.2 Å². The zero-order valence-electron chi connectivity index (χ0n) is 13.0. The highest BCUT2D eigenvalue weighted by atomic mass is 32.1. The van der Waals surface area contributed by atoms with Crippen molar-refractivity contribution in [1.29, 1.82) is 0 Å². The fourth-order valence-electron chi connectivity index (χ4n) is 2.17. The molecule has 0 aliphatic heterocycles. The molecule has 0 saturated heterocycles. The smallest absolute Gasteiger partial charge is 0.266 e. The Bertz CT molecular complexity index is 706. The number of rotatable bonds is 3. The number of hydrogen-bond donors (Lipinski definition) is 2. The summed E-state index contributed by atoms with van der Waals surface area (Å²) in [5.74, 6) is -0.176. The van der Waals surface area contributed by atoms with E-state index < -0.39 is 5.54 Å². The van der Waals surface area contributed by atoms with Gasteiger partial charge in [-0.15, -0.1) is 11.3 Å². The van der Waals surface area contributed by atoms with Crippen molar-refractivity contribution in [1.82, 2.24) is 9.88 Å². The monoisotopic (exact) mass is 307 g/mol. The van der Waals surface area contributed by atoms with E-state index in [4.69, 9.17) is 5.73 Å². The third kappa shape index (κ3) is 2.61. The Morgan fingerprint density at radius 3 is 2.67 bits per heavy atom. The maximum atomic E-state index is 12.7. The highest BCUT2D eigenvalue weighted by Crippen LogP contribution is 2.36. The van der Waals surface area contributed by atoms with Crippen LogP contribution in [0.4, 0.5) is 5.69 Å². The van der Waals surface area contributed by atoms with Crippen LogP contribution in [0.1, 0.15) is 34.9 Å². The van der Waals surface area contributed by atoms with Crippen LogP contribution in [-0.2, 0) is 0 Å². The molecule has 0 saturated carbocycles. The van der Waals surface area contributed by atoms with Gasteiger partial charge in [0.25, 0.3) is 5.91 Å². The number of aromatic nitrogens is 1. The molecule has 0 aliphatic carbocycles. The Hall–Kier alpha value is -1.66. The van der Waals surface area contributed by atoms with E-state index in [9.17, 15) is 9.90 Å². The van der Waals surface area contributed by atoms with Gasteiger partial charge in [-0.3, -0.25) is 9.78 Å². The second kappa shape index (κ2) is 5.27. The van der Waals surface area contributed by atoms with Crippen LogP contribution in [0.5, 0.6) is 0 Å². The largest absolute Gasteiger partial charge is 0.397 e. The minimum Gasteiger partial charge on any atom is -0.397 e. The van der Waals surface area contributed by atoms with Crippen molar-refractivity contribution >= 4 is 33.0 Å². The van der Waals surface area contributed by atoms with Gasteiger partial charge in [0.15, 0.2) is 0 Å². The number of fused-ring (bicyclic) bond motifs is 1. The van der Waals surface area contributed by atoms with Crippen molar-refractivity contribution in [2.45, 2.75) is 33.2 Å². The molecule has 1 amide bonds. The van der Waals surface area contributed by atoms with Gasteiger partial charge < -0.3 is 15.7 Å². The van der Waals surface area contributed by atoms with Crippen molar-refractivity contribution in [3.8, 4) is 0 Å². The molecule has 0 bridgehead atoms. The molecule has 0 aliphatic rings. The summed E-state index contributed by atoms with van der Waals surface area (Å²) in [6.45, 7) is 7.33. The molecule has 0 spiro atoms. The third-order valence-electron chi connectivity index (χ3n) is 3.81. The molecule has 2 aromatic rings. The summed E-state index contributed by atoms with van der Waals surface area (Å²) in [5.41, 5.74) is 7.76. The number of aliphatic hydroxyl groups is 1. The van der Waals surface area contributed by atoms with E-state index >= 15 is 0 Å². The number of aryl methyl sites for hydroxylation is 2. The van der Waals surface area contributed by atoms with Crippen LogP contribution < -0.4 is 5.73 Å². The second-order valence-corrected chi connectivity index (χ2v) is 6.95. The average molecular weight is 307 g/mol. The number of carbonyl (C=O) groups is 1. The number of thiophene rings is 1. The lowest BCUT2D eigenvalue weighted by Crippen LogP contribution is -2.47. The molecule has 0 radical (unpaired) electrons. The molecule has 5 nitrogen and oxygen atoms in total. The number of nitrogens with two attached hydrogens (primary N) is 1. The van der Waals surface area contributed by atoms with Crippen LogP contribution in [0, 0.1) is 13.8 Å². The molecule has 0 fully saturated rings. The van der Waals surface area contributed by atoms with Gasteiger partial charge in [-0.1, -0.05) is 0 Å². The SMILES string of the molecule is Cc1cc2sc(C(=O)N(C)C(C)(C)CO)c(N)c2c(C)n1. The first-order valence-corrected chi connectivity index (χ1v) is 7.56. The van der Waals surface area contributed by atoms with E-state index in [0.717, 1.165) is 21.5 Å². The minimum absolute atomic E-state index is 0.111. The standard InChI is InChI=1S/C15H21N3O2S/c1-8-6-10-11(9(2)17-8)12(16)13(21-10)14(20)18(5)15(3,4)7-19/h6,19H,7,16H2,1-5H3. The quantitative estimate of drug-likeness (QED) is 0.912. The van der Waals surface area contributed by atoms with Crippen LogP contribution in [0.2, 0.25) is 0 Å². The van der Waals surface area contributed by atoms with Crippen molar-refractivity contribution < 1.29 is 9.90 Å². The number of pyridine rings is 1. The molecular formula is C15H21N3O2S. The maximum absolute atomic E-state index is 12.7. The Kier molecular flexibility index (Phi) is 3.95. The van der Waals surface area contributed by atoms with Crippen LogP contribution in [-0.4, -0.2) is 40.1 Å². The number of nitrogen functional groups attached to an aromatic ring is 1. The van der Waals surface area contributed by atoms with Crippen molar-refractivity contribution in [3.63, 3.8) is 0 Å². The van der Waals surface area contributed by atoms with Gasteiger partial charge in [0, 0.05) is 28.5 Å². The zero-order valence-corrected chi connectivity index (χ0v) is 13.8. The van der Waals surface area contributed by atoms with Crippen molar-refractivity contribution in [2.75, 3.05) is 19.4 Å². The predicted molar refractivity (Wildman–Crippen MR) is 86.8 cm³/mol. The van der Waals surface area contributed by atoms with Gasteiger partial charge in [-0.2, -0.15) is 0 Å². The van der Waals surface area contributed by atoms with Crippen LogP contribution in [0.15, 0.2) is 6.07 Å². The molecule has 6 heteroatoms. The second-order valence-electron chi connectivity index (χ2n) is 5.90. The number of aliphatic hydroxyl groups excluding tert-OH is 1. The molecule has 114 valence electrons. The first-order valence-electron chi connectivity index (χ1n) is 6.74. The molecule has 0 unspecified atom stereocenters. The van der Waals surface area contributed by atoms with Gasteiger partial charge in [-0.05, 0) is 33.8 Å². The first-order chi connectivity index (χ1) is 9.69. The van der Waals surface area contributed by atoms with Crippen LogP contribution in [0.3, 0.4) is 0 Å². The molecule has 21 heavy (non-hydrogen) atoms. The summed E-state index contributed by atoms with van der Waals surface area (Å²) in [6, 6.07) is 1.94. The van der Waals surface area contributed by atoms with E-state index in [1.54, 1.807) is 7.05 Å². The number of hydrogen-bond acceptors (Lipinski definition) is 5. The summed E-state index contributed by atoms with van der Waals surface area (Å²) in [5, 5.41) is 10.3. The molecule has 2 aromatic heterocycles. The Balaban J connectivity index is 2.55. The highest BCUT2D eigenvalue weighted by Gasteiger charge is 2.30. The lowest BCUT2D eigenvalue weighted by molar-refractivity contribution is 0.0479.